The number of fused-ring (bicyclic) bond motifs is 9. The van der Waals surface area contributed by atoms with Crippen molar-refractivity contribution in [1.29, 1.82) is 0 Å². The Kier molecular flexibility index (Phi) is 18.5. The van der Waals surface area contributed by atoms with E-state index in [-0.39, 0.29) is 88.9 Å². The number of nitrogens with zero attached hydrogens (tertiary/aromatic N) is 18. The molecule has 6 aliphatic heterocycles. The first-order valence-corrected chi connectivity index (χ1v) is 32.5. The molecule has 9 amide bonds. The number of halogens is 5. The van der Waals surface area contributed by atoms with E-state index in [9.17, 15) is 41.9 Å². The number of H-pyrrole nitrogens is 1. The van der Waals surface area contributed by atoms with Crippen molar-refractivity contribution in [3.05, 3.63) is 198 Å². The van der Waals surface area contributed by atoms with Crippen LogP contribution >= 0.6 is 23.2 Å². The number of rotatable bonds is 6. The lowest BCUT2D eigenvalue weighted by atomic mass is 10.0. The molecule has 0 fully saturated rings. The number of anilines is 3. The van der Waals surface area contributed by atoms with Crippen LogP contribution in [0.4, 0.5) is 50.3 Å². The molecule has 99 heavy (non-hydrogen) atoms. The number of carbonyl (C=O) groups excluding carboxylic acids is 6. The number of nitrogens with one attached hydrogen (secondary N) is 4. The van der Waals surface area contributed by atoms with Gasteiger partial charge >= 0.3 is 18.1 Å². The zero-order valence-electron chi connectivity index (χ0n) is 54.4. The molecule has 6 aliphatic rings. The van der Waals surface area contributed by atoms with E-state index in [1.807, 2.05) is 43.2 Å². The fraction of sp³-hybridized carbons (Fsp3) is 0.348. The minimum Gasteiger partial charge on any atom is -0.340 e. The predicted octanol–water partition coefficient (Wildman–Crippen LogP) is 8.49. The summed E-state index contributed by atoms with van der Waals surface area (Å²) in [5.74, 6) is -1.99. The van der Waals surface area contributed by atoms with Crippen molar-refractivity contribution in [2.75, 3.05) is 76.4 Å². The molecule has 12 heterocycles. The zero-order chi connectivity index (χ0) is 69.7. The van der Waals surface area contributed by atoms with Crippen LogP contribution in [0, 0.1) is 24.0 Å². The van der Waals surface area contributed by atoms with Crippen LogP contribution in [0.15, 0.2) is 91.4 Å². The van der Waals surface area contributed by atoms with Gasteiger partial charge in [-0.1, -0.05) is 23.2 Å². The van der Waals surface area contributed by atoms with E-state index in [4.69, 9.17) is 45.1 Å². The summed E-state index contributed by atoms with van der Waals surface area (Å²) in [6, 6.07) is 16.7. The van der Waals surface area contributed by atoms with Gasteiger partial charge in [0.15, 0.2) is 0 Å². The maximum Gasteiger partial charge on any atom is 0.322 e. The first-order chi connectivity index (χ1) is 47.5. The van der Waals surface area contributed by atoms with Crippen molar-refractivity contribution in [2.24, 2.45) is 14.1 Å². The fourth-order valence-corrected chi connectivity index (χ4v) is 13.8. The van der Waals surface area contributed by atoms with Gasteiger partial charge in [0.25, 0.3) is 17.7 Å². The number of likely N-dealkylation sites (N-methyl/N-ethyl adjacent to an activating group) is 3. The quantitative estimate of drug-likeness (QED) is 0.114. The largest absolute Gasteiger partial charge is 0.340 e. The lowest BCUT2D eigenvalue weighted by Gasteiger charge is -2.27. The number of aromatic nitrogens is 12. The number of carbonyl (C=O) groups is 6. The van der Waals surface area contributed by atoms with Crippen molar-refractivity contribution in [3.63, 3.8) is 0 Å². The molecule has 9 aromatic rings. The summed E-state index contributed by atoms with van der Waals surface area (Å²) in [6.45, 7) is 12.4. The smallest absolute Gasteiger partial charge is 0.322 e. The summed E-state index contributed by atoms with van der Waals surface area (Å²) in [7, 11) is 9.07. The van der Waals surface area contributed by atoms with E-state index in [1.165, 1.54) is 48.5 Å². The highest BCUT2D eigenvalue weighted by atomic mass is 35.5. The molecule has 3 unspecified atom stereocenters. The highest BCUT2D eigenvalue weighted by molar-refractivity contribution is 6.31. The molecule has 0 aliphatic carbocycles. The molecule has 0 spiro atoms. The summed E-state index contributed by atoms with van der Waals surface area (Å²) >= 11 is 11.6. The van der Waals surface area contributed by atoms with Gasteiger partial charge in [0.05, 0.1) is 78.7 Å². The third-order valence-electron chi connectivity index (χ3n) is 18.5. The van der Waals surface area contributed by atoms with Gasteiger partial charge in [0, 0.05) is 175 Å². The average Bonchev–Trinajstić information content (AvgIpc) is 1.63. The Hall–Kier alpha value is -11.0. The predicted molar refractivity (Wildman–Crippen MR) is 356 cm³/mol. The Balaban J connectivity index is 0.000000133. The number of hydrogen-bond acceptors (Lipinski definition) is 12. The minimum absolute atomic E-state index is 0.0189. The molecule has 28 nitrogen and oxygen atoms in total. The van der Waals surface area contributed by atoms with E-state index in [1.54, 1.807) is 81.7 Å². The van der Waals surface area contributed by atoms with Crippen LogP contribution in [-0.4, -0.2) is 185 Å². The van der Waals surface area contributed by atoms with Gasteiger partial charge in [-0.3, -0.25) is 42.9 Å². The van der Waals surface area contributed by atoms with Crippen molar-refractivity contribution in [2.45, 2.75) is 76.3 Å². The maximum absolute atomic E-state index is 13.6. The van der Waals surface area contributed by atoms with E-state index in [0.29, 0.717) is 112 Å². The number of aromatic amines is 1. The average molecular weight is 1390 g/mol. The summed E-state index contributed by atoms with van der Waals surface area (Å²) < 4.78 is 49.3. The van der Waals surface area contributed by atoms with Crippen LogP contribution in [0.3, 0.4) is 0 Å². The normalized spacial score (nSPS) is 17.9. The fourth-order valence-electron chi connectivity index (χ4n) is 13.4. The topological polar surface area (TPSA) is 280 Å². The summed E-state index contributed by atoms with van der Waals surface area (Å²) in [5, 5.41) is 38.1. The Labute approximate surface area is 574 Å². The Bertz CT molecular complexity index is 4710. The lowest BCUT2D eigenvalue weighted by molar-refractivity contribution is 0.0781. The molecule has 3 atom stereocenters. The standard InChI is InChI=1S/C23H23FN8O2.C22H23ClFN7O2.C21H21ClFN7O2/c1-25-19-10-15(4-5-17(19)24)27-23(34)31-9-7-18-16(13-31)21-22(33)29(2)11-14(12-32(21)28-18)20-6-8-26-30(20)3;1-28-10-13(18-5-7-29(2)26-18)11-31-20(21(28)32)15-12-30(8-6-19(15)27-31)22(33)25-14-3-4-17(24)16(23)9-14;1-28-9-12(17-4-6-24-26-17)10-30-19(20(28)31)14-11-29(7-5-18(14)27-30)21(32)25-13-2-3-16(23)15(22)8-13/h4-6,8,10,14H,7,9,11-13H2,2-3H3,(H,27,34);3-5,7,9,13H,6,8,10-12H2,1-2H3,(H,25,33);2-4,6,8,12H,5,7,9-11H2,1H3,(H,24,26)(H,25,32). The van der Waals surface area contributed by atoms with Crippen LogP contribution < -0.4 is 16.0 Å². The van der Waals surface area contributed by atoms with E-state index in [0.717, 1.165) is 56.9 Å². The molecule has 0 radical (unpaired) electrons. The molecular weight excluding hydrogens is 1320 g/mol. The summed E-state index contributed by atoms with van der Waals surface area (Å²) in [5.41, 5.74) is 10.2. The van der Waals surface area contributed by atoms with Gasteiger partial charge in [-0.25, -0.2) is 32.4 Å². The van der Waals surface area contributed by atoms with Gasteiger partial charge in [-0.05, 0) is 72.8 Å². The second-order valence-electron chi connectivity index (χ2n) is 25.2. The van der Waals surface area contributed by atoms with Gasteiger partial charge in [-0.15, -0.1) is 0 Å². The monoisotopic (exact) mass is 1390 g/mol. The van der Waals surface area contributed by atoms with Crippen LogP contribution in [-0.2, 0) is 72.6 Å². The molecular formula is C66H67Cl2F3N22O6. The summed E-state index contributed by atoms with van der Waals surface area (Å²) in [6.07, 6.45) is 6.93. The summed E-state index contributed by atoms with van der Waals surface area (Å²) in [4.78, 5) is 91.4. The number of hydrogen-bond donors (Lipinski definition) is 4. The van der Waals surface area contributed by atoms with Gasteiger partial charge in [-0.2, -0.15) is 30.6 Å². The number of urea groups is 3. The molecule has 0 saturated carbocycles. The minimum atomic E-state index is -0.634. The van der Waals surface area contributed by atoms with Gasteiger partial charge in [0.2, 0.25) is 5.69 Å². The maximum atomic E-state index is 13.6. The van der Waals surface area contributed by atoms with Gasteiger partial charge < -0.3 is 45.3 Å². The molecule has 0 saturated heterocycles. The third-order valence-corrected chi connectivity index (χ3v) is 19.1. The second kappa shape index (κ2) is 27.5. The van der Waals surface area contributed by atoms with Crippen LogP contribution in [0.25, 0.3) is 4.85 Å². The molecule has 15 rings (SSSR count). The number of amides is 9. The lowest BCUT2D eigenvalue weighted by Crippen LogP contribution is -2.39. The molecule has 4 N–H and O–H groups in total. The van der Waals surface area contributed by atoms with Crippen LogP contribution in [0.5, 0.6) is 0 Å². The number of benzene rings is 3. The van der Waals surface area contributed by atoms with Crippen LogP contribution in [0.1, 0.15) is 100 Å². The molecule has 6 aromatic heterocycles. The molecule has 0 bridgehead atoms. The van der Waals surface area contributed by atoms with Gasteiger partial charge in [0.1, 0.15) is 34.5 Å². The van der Waals surface area contributed by atoms with Crippen molar-refractivity contribution >= 4 is 81.8 Å². The van der Waals surface area contributed by atoms with E-state index < -0.39 is 17.5 Å². The first-order valence-electron chi connectivity index (χ1n) is 31.8. The highest BCUT2D eigenvalue weighted by Crippen LogP contribution is 2.35. The third kappa shape index (κ3) is 13.6. The van der Waals surface area contributed by atoms with E-state index >= 15 is 0 Å². The highest BCUT2D eigenvalue weighted by Gasteiger charge is 2.40. The Morgan fingerprint density at radius 3 is 1.38 bits per heavy atom. The SMILES string of the molecule is CN1CC(c2ccn(C)n2)Cn2nc3c(c2C1=O)CN(C(=O)Nc1ccc(F)c(Cl)c1)CC3.CN1CC(c2ccn[nH]2)Cn2nc3c(c2C1=O)CN(C(=O)Nc1ccc(F)c(Cl)c1)CC3.[C-]#[N+]c1cc(NC(=O)N2CCc3nn4c(c3C2)C(=O)N(C)CC(c2ccnn2C)C4)ccc1F. The molecule has 3 aromatic carbocycles. The van der Waals surface area contributed by atoms with E-state index in [2.05, 4.69) is 41.2 Å². The molecule has 512 valence electrons. The zero-order valence-corrected chi connectivity index (χ0v) is 55.9. The first kappa shape index (κ1) is 66.6. The van der Waals surface area contributed by atoms with Crippen molar-refractivity contribution in [3.8, 4) is 0 Å². The second-order valence-corrected chi connectivity index (χ2v) is 26.0. The number of aryl methyl sites for hydroxylation is 2. The van der Waals surface area contributed by atoms with Crippen molar-refractivity contribution in [1.82, 2.24) is 88.5 Å². The Morgan fingerprint density at radius 1 is 0.535 bits per heavy atom. The van der Waals surface area contributed by atoms with Crippen LogP contribution in [0.2, 0.25) is 10.0 Å². The molecule has 33 heteroatoms. The Morgan fingerprint density at radius 2 is 0.970 bits per heavy atom. The van der Waals surface area contributed by atoms with Crippen molar-refractivity contribution < 1.29 is 41.9 Å².